The van der Waals surface area contributed by atoms with Gasteiger partial charge in [0.05, 0.1) is 12.1 Å². The van der Waals surface area contributed by atoms with E-state index in [4.69, 9.17) is 0 Å². The van der Waals surface area contributed by atoms with Gasteiger partial charge in [-0.2, -0.15) is 0 Å². The van der Waals surface area contributed by atoms with Gasteiger partial charge in [0, 0.05) is 22.8 Å². The predicted molar refractivity (Wildman–Crippen MR) is 92.0 cm³/mol. The van der Waals surface area contributed by atoms with Gasteiger partial charge in [-0.3, -0.25) is 0 Å². The highest BCUT2D eigenvalue weighted by atomic mass is 32.1. The minimum Gasteiger partial charge on any atom is -0.388 e. The van der Waals surface area contributed by atoms with Crippen LogP contribution in [0, 0.1) is 0 Å². The van der Waals surface area contributed by atoms with Gasteiger partial charge in [-0.1, -0.05) is 20.8 Å². The first kappa shape index (κ1) is 18.0. The molecule has 0 aliphatic heterocycles. The molecule has 0 saturated carbocycles. The van der Waals surface area contributed by atoms with Gasteiger partial charge in [0.2, 0.25) is 0 Å². The maximum Gasteiger partial charge on any atom is 0.191 e. The molecule has 0 saturated heterocycles. The maximum absolute atomic E-state index is 10.3. The van der Waals surface area contributed by atoms with E-state index in [1.807, 2.05) is 32.1 Å². The van der Waals surface area contributed by atoms with Crippen LogP contribution in [-0.2, 0) is 13.0 Å². The molecule has 0 spiro atoms. The molecule has 0 fully saturated rings. The number of nitrogens with one attached hydrogen (secondary N) is 2. The molecule has 0 atom stereocenters. The van der Waals surface area contributed by atoms with Crippen LogP contribution < -0.4 is 10.6 Å². The van der Waals surface area contributed by atoms with Crippen molar-refractivity contribution < 1.29 is 5.11 Å². The van der Waals surface area contributed by atoms with E-state index >= 15 is 0 Å². The lowest BCUT2D eigenvalue weighted by molar-refractivity contribution is 0.0367. The van der Waals surface area contributed by atoms with Gasteiger partial charge in [-0.15, -0.1) is 11.3 Å². The summed E-state index contributed by atoms with van der Waals surface area (Å²) in [5, 5.41) is 16.8. The van der Waals surface area contributed by atoms with Crippen molar-refractivity contribution >= 4 is 17.3 Å². The molecule has 5 heteroatoms. The van der Waals surface area contributed by atoms with Crippen molar-refractivity contribution in [2.45, 2.75) is 59.1 Å². The molecule has 0 aliphatic rings. The number of hydrogen-bond acceptors (Lipinski definition) is 3. The standard InChI is InChI=1S/C16H29N3OS/c1-5-13-9-10-14(21-13)11-18-15(17-8-4)19-12-16(20,6-2)7-3/h9-10,20H,5-8,11-12H2,1-4H3,(H2,17,18,19). The molecule has 120 valence electrons. The summed E-state index contributed by atoms with van der Waals surface area (Å²) in [6, 6.07) is 4.31. The summed E-state index contributed by atoms with van der Waals surface area (Å²) in [4.78, 5) is 7.26. The molecule has 3 N–H and O–H groups in total. The number of guanidine groups is 1. The third kappa shape index (κ3) is 6.06. The van der Waals surface area contributed by atoms with E-state index in [0.717, 1.165) is 31.8 Å². The molecule has 4 nitrogen and oxygen atoms in total. The Morgan fingerprint density at radius 2 is 1.81 bits per heavy atom. The van der Waals surface area contributed by atoms with E-state index in [1.165, 1.54) is 9.75 Å². The van der Waals surface area contributed by atoms with Gasteiger partial charge >= 0.3 is 0 Å². The Kier molecular flexibility index (Phi) is 7.75. The van der Waals surface area contributed by atoms with Crippen molar-refractivity contribution in [3.8, 4) is 0 Å². The van der Waals surface area contributed by atoms with Crippen molar-refractivity contribution in [1.82, 2.24) is 10.6 Å². The number of hydrogen-bond donors (Lipinski definition) is 3. The van der Waals surface area contributed by atoms with Gasteiger partial charge in [0.15, 0.2) is 5.96 Å². The predicted octanol–water partition coefficient (Wildman–Crippen LogP) is 2.92. The highest BCUT2D eigenvalue weighted by Gasteiger charge is 2.22. The highest BCUT2D eigenvalue weighted by molar-refractivity contribution is 7.11. The smallest absolute Gasteiger partial charge is 0.191 e. The Hall–Kier alpha value is -1.07. The fourth-order valence-corrected chi connectivity index (χ4v) is 2.83. The molecule has 21 heavy (non-hydrogen) atoms. The monoisotopic (exact) mass is 311 g/mol. The summed E-state index contributed by atoms with van der Waals surface area (Å²) in [5.41, 5.74) is -0.658. The fourth-order valence-electron chi connectivity index (χ4n) is 1.94. The second-order valence-electron chi connectivity index (χ2n) is 5.20. The van der Waals surface area contributed by atoms with Crippen LogP contribution in [0.25, 0.3) is 0 Å². The molecule has 0 aromatic carbocycles. The van der Waals surface area contributed by atoms with Crippen LogP contribution >= 0.6 is 11.3 Å². The SMILES string of the molecule is CCNC(=NCc1ccc(CC)s1)NCC(O)(CC)CC. The minimum atomic E-state index is -0.658. The Balaban J connectivity index is 2.61. The molecule has 1 rings (SSSR count). The normalized spacial score (nSPS) is 12.5. The number of aryl methyl sites for hydroxylation is 1. The summed E-state index contributed by atoms with van der Waals surface area (Å²) >= 11 is 1.81. The van der Waals surface area contributed by atoms with E-state index in [9.17, 15) is 5.11 Å². The number of nitrogens with zero attached hydrogens (tertiary/aromatic N) is 1. The number of rotatable bonds is 8. The average molecular weight is 311 g/mol. The fraction of sp³-hybridized carbons (Fsp3) is 0.688. The van der Waals surface area contributed by atoms with Gasteiger partial charge in [-0.25, -0.2) is 4.99 Å². The van der Waals surface area contributed by atoms with Crippen molar-refractivity contribution in [3.63, 3.8) is 0 Å². The van der Waals surface area contributed by atoms with Crippen molar-refractivity contribution in [3.05, 3.63) is 21.9 Å². The maximum atomic E-state index is 10.3. The molecule has 0 radical (unpaired) electrons. The summed E-state index contributed by atoms with van der Waals surface area (Å²) in [5.74, 6) is 0.768. The van der Waals surface area contributed by atoms with Crippen molar-refractivity contribution in [2.75, 3.05) is 13.1 Å². The molecule has 0 aliphatic carbocycles. The van der Waals surface area contributed by atoms with Crippen LogP contribution in [0.3, 0.4) is 0 Å². The molecule has 1 heterocycles. The van der Waals surface area contributed by atoms with Crippen LogP contribution in [0.5, 0.6) is 0 Å². The lowest BCUT2D eigenvalue weighted by atomic mass is 9.98. The Bertz CT molecular complexity index is 438. The first-order chi connectivity index (χ1) is 10.1. The van der Waals surface area contributed by atoms with E-state index in [-0.39, 0.29) is 0 Å². The van der Waals surface area contributed by atoms with Gasteiger partial charge in [0.25, 0.3) is 0 Å². The highest BCUT2D eigenvalue weighted by Crippen LogP contribution is 2.17. The molecule has 0 amide bonds. The summed E-state index contributed by atoms with van der Waals surface area (Å²) in [7, 11) is 0. The van der Waals surface area contributed by atoms with Gasteiger partial charge in [-0.05, 0) is 38.3 Å². The van der Waals surface area contributed by atoms with Crippen LogP contribution in [0.1, 0.15) is 50.3 Å². The number of aliphatic imine (C=N–C) groups is 1. The minimum absolute atomic E-state index is 0.524. The molecular formula is C16H29N3OS. The second-order valence-corrected chi connectivity index (χ2v) is 6.45. The zero-order valence-electron chi connectivity index (χ0n) is 13.7. The van der Waals surface area contributed by atoms with E-state index < -0.39 is 5.60 Å². The van der Waals surface area contributed by atoms with Crippen molar-refractivity contribution in [1.29, 1.82) is 0 Å². The van der Waals surface area contributed by atoms with Gasteiger partial charge in [0.1, 0.15) is 0 Å². The van der Waals surface area contributed by atoms with E-state index in [1.54, 1.807) is 0 Å². The second kappa shape index (κ2) is 9.05. The first-order valence-corrected chi connectivity index (χ1v) is 8.70. The average Bonchev–Trinajstić information content (AvgIpc) is 2.97. The third-order valence-corrected chi connectivity index (χ3v) is 4.92. The van der Waals surface area contributed by atoms with Crippen LogP contribution in [0.4, 0.5) is 0 Å². The topological polar surface area (TPSA) is 56.7 Å². The van der Waals surface area contributed by atoms with Crippen LogP contribution in [0.15, 0.2) is 17.1 Å². The molecular weight excluding hydrogens is 282 g/mol. The molecule has 1 aromatic rings. The Morgan fingerprint density at radius 1 is 1.14 bits per heavy atom. The third-order valence-electron chi connectivity index (χ3n) is 3.70. The zero-order chi connectivity index (χ0) is 15.7. The first-order valence-electron chi connectivity index (χ1n) is 7.89. The largest absolute Gasteiger partial charge is 0.388 e. The van der Waals surface area contributed by atoms with Crippen LogP contribution in [0.2, 0.25) is 0 Å². The summed E-state index contributed by atoms with van der Waals surface area (Å²) in [6.07, 6.45) is 2.55. The zero-order valence-corrected chi connectivity index (χ0v) is 14.5. The lowest BCUT2D eigenvalue weighted by Gasteiger charge is -2.26. The molecule has 0 bridgehead atoms. The number of thiophene rings is 1. The molecule has 1 aromatic heterocycles. The van der Waals surface area contributed by atoms with Crippen LogP contribution in [-0.4, -0.2) is 29.8 Å². The molecule has 0 unspecified atom stereocenters. The van der Waals surface area contributed by atoms with E-state index in [2.05, 4.69) is 34.7 Å². The summed E-state index contributed by atoms with van der Waals surface area (Å²) in [6.45, 7) is 10.2. The van der Waals surface area contributed by atoms with Gasteiger partial charge < -0.3 is 15.7 Å². The number of aliphatic hydroxyl groups is 1. The lowest BCUT2D eigenvalue weighted by Crippen LogP contribution is -2.46. The summed E-state index contributed by atoms with van der Waals surface area (Å²) < 4.78 is 0. The Labute approximate surface area is 132 Å². The quantitative estimate of drug-likeness (QED) is 0.511. The Morgan fingerprint density at radius 3 is 2.33 bits per heavy atom. The van der Waals surface area contributed by atoms with E-state index in [0.29, 0.717) is 13.1 Å². The van der Waals surface area contributed by atoms with Crippen molar-refractivity contribution in [2.24, 2.45) is 4.99 Å².